The molecule has 1 aliphatic heterocycles. The van der Waals surface area contributed by atoms with E-state index >= 15 is 0 Å². The van der Waals surface area contributed by atoms with Crippen LogP contribution < -0.4 is 10.6 Å². The Balaban J connectivity index is 1.87. The minimum Gasteiger partial charge on any atom is -0.347 e. The van der Waals surface area contributed by atoms with E-state index in [0.29, 0.717) is 30.3 Å². The minimum atomic E-state index is -3.54. The standard InChI is InChI=1S/C15H24N4O4S2/c1-18(2)9-7-16-14(20)15(21)17-11-12-5-3-8-19(12)25(22,23)13-6-4-10-24-13/h4,6,10,12H,3,5,7-9,11H2,1-2H3,(H,16,20)(H,17,21)/t12-/m1/s1. The van der Waals surface area contributed by atoms with Gasteiger partial charge in [0.15, 0.2) is 0 Å². The molecular formula is C15H24N4O4S2. The maximum atomic E-state index is 12.6. The summed E-state index contributed by atoms with van der Waals surface area (Å²) in [6.45, 7) is 1.57. The van der Waals surface area contributed by atoms with Crippen molar-refractivity contribution in [3.05, 3.63) is 17.5 Å². The first-order valence-corrected chi connectivity index (χ1v) is 10.4. The van der Waals surface area contributed by atoms with Crippen LogP contribution in [-0.2, 0) is 19.6 Å². The van der Waals surface area contributed by atoms with E-state index < -0.39 is 21.8 Å². The number of rotatable bonds is 7. The molecule has 0 saturated carbocycles. The van der Waals surface area contributed by atoms with Gasteiger partial charge in [-0.15, -0.1) is 11.3 Å². The largest absolute Gasteiger partial charge is 0.347 e. The molecule has 140 valence electrons. The molecule has 1 aromatic rings. The van der Waals surface area contributed by atoms with Crippen molar-refractivity contribution in [1.29, 1.82) is 0 Å². The number of nitrogens with one attached hydrogen (secondary N) is 2. The SMILES string of the molecule is CN(C)CCNC(=O)C(=O)NC[C@H]1CCCN1S(=O)(=O)c1cccs1. The fourth-order valence-electron chi connectivity index (χ4n) is 2.62. The summed E-state index contributed by atoms with van der Waals surface area (Å²) in [5.41, 5.74) is 0. The van der Waals surface area contributed by atoms with Gasteiger partial charge in [0.05, 0.1) is 0 Å². The molecule has 2 rings (SSSR count). The Hall–Kier alpha value is -1.49. The molecule has 1 saturated heterocycles. The molecule has 2 amide bonds. The van der Waals surface area contributed by atoms with Crippen LogP contribution in [0, 0.1) is 0 Å². The van der Waals surface area contributed by atoms with E-state index in [1.165, 1.54) is 15.6 Å². The third kappa shape index (κ3) is 5.24. The van der Waals surface area contributed by atoms with Gasteiger partial charge in [-0.05, 0) is 38.4 Å². The molecule has 0 unspecified atom stereocenters. The van der Waals surface area contributed by atoms with Gasteiger partial charge in [-0.25, -0.2) is 8.42 Å². The summed E-state index contributed by atoms with van der Waals surface area (Å²) in [6, 6.07) is 2.94. The summed E-state index contributed by atoms with van der Waals surface area (Å²) >= 11 is 1.17. The van der Waals surface area contributed by atoms with Crippen molar-refractivity contribution in [3.8, 4) is 0 Å². The molecule has 0 aromatic carbocycles. The van der Waals surface area contributed by atoms with Gasteiger partial charge >= 0.3 is 11.8 Å². The summed E-state index contributed by atoms with van der Waals surface area (Å²) < 4.78 is 27.0. The molecule has 0 bridgehead atoms. The minimum absolute atomic E-state index is 0.130. The van der Waals surface area contributed by atoms with E-state index in [2.05, 4.69) is 10.6 Å². The molecule has 10 heteroatoms. The number of thiophene rings is 1. The molecule has 1 fully saturated rings. The average Bonchev–Trinajstić information content (AvgIpc) is 3.23. The van der Waals surface area contributed by atoms with Crippen LogP contribution in [-0.4, -0.2) is 75.8 Å². The smallest absolute Gasteiger partial charge is 0.309 e. The van der Waals surface area contributed by atoms with Gasteiger partial charge in [-0.1, -0.05) is 6.07 Å². The lowest BCUT2D eigenvalue weighted by molar-refractivity contribution is -0.139. The molecule has 0 aliphatic carbocycles. The third-order valence-electron chi connectivity index (χ3n) is 3.93. The number of amides is 2. The van der Waals surface area contributed by atoms with Crippen molar-refractivity contribution in [2.24, 2.45) is 0 Å². The number of carbonyl (C=O) groups excluding carboxylic acids is 2. The Morgan fingerprint density at radius 1 is 1.32 bits per heavy atom. The summed E-state index contributed by atoms with van der Waals surface area (Å²) in [4.78, 5) is 25.5. The lowest BCUT2D eigenvalue weighted by Crippen LogP contribution is -2.47. The van der Waals surface area contributed by atoms with Crippen molar-refractivity contribution in [1.82, 2.24) is 19.8 Å². The fraction of sp³-hybridized carbons (Fsp3) is 0.600. The number of nitrogens with zero attached hydrogens (tertiary/aromatic N) is 2. The monoisotopic (exact) mass is 388 g/mol. The first-order valence-electron chi connectivity index (χ1n) is 8.08. The van der Waals surface area contributed by atoms with Gasteiger partial charge in [0, 0.05) is 32.2 Å². The van der Waals surface area contributed by atoms with E-state index in [9.17, 15) is 18.0 Å². The highest BCUT2D eigenvalue weighted by Crippen LogP contribution is 2.28. The molecule has 1 atom stereocenters. The van der Waals surface area contributed by atoms with Crippen LogP contribution in [0.5, 0.6) is 0 Å². The van der Waals surface area contributed by atoms with Crippen LogP contribution >= 0.6 is 11.3 Å². The summed E-state index contributed by atoms with van der Waals surface area (Å²) in [7, 11) is 0.198. The number of hydrogen-bond acceptors (Lipinski definition) is 6. The van der Waals surface area contributed by atoms with Crippen LogP contribution in [0.3, 0.4) is 0 Å². The lowest BCUT2D eigenvalue weighted by atomic mass is 10.2. The van der Waals surface area contributed by atoms with Gasteiger partial charge in [0.1, 0.15) is 4.21 Å². The highest BCUT2D eigenvalue weighted by atomic mass is 32.2. The molecule has 0 spiro atoms. The Morgan fingerprint density at radius 2 is 2.04 bits per heavy atom. The summed E-state index contributed by atoms with van der Waals surface area (Å²) in [5.74, 6) is -1.44. The van der Waals surface area contributed by atoms with E-state index in [0.717, 1.165) is 6.42 Å². The van der Waals surface area contributed by atoms with Gasteiger partial charge < -0.3 is 15.5 Å². The summed E-state index contributed by atoms with van der Waals surface area (Å²) in [6.07, 6.45) is 1.40. The highest BCUT2D eigenvalue weighted by molar-refractivity contribution is 7.91. The normalized spacial score (nSPS) is 18.4. The maximum absolute atomic E-state index is 12.6. The van der Waals surface area contributed by atoms with Crippen LogP contribution in [0.4, 0.5) is 0 Å². The van der Waals surface area contributed by atoms with Crippen LogP contribution in [0.15, 0.2) is 21.7 Å². The van der Waals surface area contributed by atoms with E-state index in [4.69, 9.17) is 0 Å². The second-order valence-electron chi connectivity index (χ2n) is 6.11. The molecule has 1 aliphatic rings. The average molecular weight is 389 g/mol. The quantitative estimate of drug-likeness (QED) is 0.625. The first-order chi connectivity index (χ1) is 11.8. The maximum Gasteiger partial charge on any atom is 0.309 e. The van der Waals surface area contributed by atoms with Gasteiger partial charge in [0.2, 0.25) is 0 Å². The first kappa shape index (κ1) is 19.8. The number of carbonyl (C=O) groups is 2. The highest BCUT2D eigenvalue weighted by Gasteiger charge is 2.36. The topological polar surface area (TPSA) is 98.8 Å². The predicted molar refractivity (Wildman–Crippen MR) is 95.8 cm³/mol. The molecule has 0 radical (unpaired) electrons. The Morgan fingerprint density at radius 3 is 2.68 bits per heavy atom. The second kappa shape index (κ2) is 8.75. The van der Waals surface area contributed by atoms with Crippen molar-refractivity contribution in [2.45, 2.75) is 23.1 Å². The summed E-state index contributed by atoms with van der Waals surface area (Å²) in [5, 5.41) is 6.79. The molecule has 1 aromatic heterocycles. The number of sulfonamides is 1. The van der Waals surface area contributed by atoms with E-state index in [-0.39, 0.29) is 12.6 Å². The van der Waals surface area contributed by atoms with Crippen molar-refractivity contribution in [3.63, 3.8) is 0 Å². The van der Waals surface area contributed by atoms with Gasteiger partial charge in [-0.3, -0.25) is 9.59 Å². The second-order valence-corrected chi connectivity index (χ2v) is 9.18. The van der Waals surface area contributed by atoms with E-state index in [1.54, 1.807) is 17.5 Å². The lowest BCUT2D eigenvalue weighted by Gasteiger charge is -2.23. The molecule has 2 heterocycles. The Kier molecular flexibility index (Phi) is 6.94. The number of likely N-dealkylation sites (N-methyl/N-ethyl adjacent to an activating group) is 1. The van der Waals surface area contributed by atoms with Crippen molar-refractivity contribution < 1.29 is 18.0 Å². The van der Waals surface area contributed by atoms with Crippen molar-refractivity contribution >= 4 is 33.2 Å². The van der Waals surface area contributed by atoms with Gasteiger partial charge in [0.25, 0.3) is 10.0 Å². The Bertz CT molecular complexity index is 688. The Labute approximate surface area is 152 Å². The predicted octanol–water partition coefficient (Wildman–Crippen LogP) is -0.305. The zero-order valence-electron chi connectivity index (χ0n) is 14.4. The molecule has 8 nitrogen and oxygen atoms in total. The fourth-order valence-corrected chi connectivity index (χ4v) is 5.43. The van der Waals surface area contributed by atoms with Crippen LogP contribution in [0.1, 0.15) is 12.8 Å². The third-order valence-corrected chi connectivity index (χ3v) is 7.26. The van der Waals surface area contributed by atoms with E-state index in [1.807, 2.05) is 19.0 Å². The van der Waals surface area contributed by atoms with Crippen LogP contribution in [0.2, 0.25) is 0 Å². The molecule has 2 N–H and O–H groups in total. The van der Waals surface area contributed by atoms with Crippen LogP contribution in [0.25, 0.3) is 0 Å². The molecule has 25 heavy (non-hydrogen) atoms. The zero-order valence-corrected chi connectivity index (χ0v) is 16.0. The zero-order chi connectivity index (χ0) is 18.4. The van der Waals surface area contributed by atoms with Gasteiger partial charge in [-0.2, -0.15) is 4.31 Å². The van der Waals surface area contributed by atoms with Crippen molar-refractivity contribution in [2.75, 3.05) is 40.3 Å². The number of hydrogen-bond donors (Lipinski definition) is 2. The molecular weight excluding hydrogens is 364 g/mol.